The van der Waals surface area contributed by atoms with Gasteiger partial charge in [-0.15, -0.1) is 0 Å². The van der Waals surface area contributed by atoms with Gasteiger partial charge in [0.25, 0.3) is 0 Å². The van der Waals surface area contributed by atoms with Crippen LogP contribution in [-0.2, 0) is 11.2 Å². The smallest absolute Gasteiger partial charge is 0.328 e. The van der Waals surface area contributed by atoms with Crippen molar-refractivity contribution in [2.75, 3.05) is 20.2 Å². The summed E-state index contributed by atoms with van der Waals surface area (Å²) in [5.74, 6) is -0.0175. The first-order valence-electron chi connectivity index (χ1n) is 5.86. The second-order valence-electron chi connectivity index (χ2n) is 4.07. The van der Waals surface area contributed by atoms with E-state index in [1.807, 2.05) is 24.3 Å². The molecule has 1 rings (SSSR count). The number of carboxylic acids is 1. The van der Waals surface area contributed by atoms with Crippen LogP contribution in [0.5, 0.6) is 5.75 Å². The average molecular weight is 249 g/mol. The molecule has 0 aliphatic heterocycles. The van der Waals surface area contributed by atoms with E-state index in [0.717, 1.165) is 29.9 Å². The molecule has 0 fully saturated rings. The van der Waals surface area contributed by atoms with Crippen molar-refractivity contribution in [2.45, 2.75) is 13.3 Å². The zero-order chi connectivity index (χ0) is 13.4. The number of aliphatic carboxylic acids is 1. The molecule has 4 heteroatoms. The quantitative estimate of drug-likeness (QED) is 0.572. The lowest BCUT2D eigenvalue weighted by Gasteiger charge is -2.09. The molecule has 0 saturated heterocycles. The second-order valence-corrected chi connectivity index (χ2v) is 4.07. The highest BCUT2D eigenvalue weighted by Crippen LogP contribution is 2.17. The Morgan fingerprint density at radius 1 is 1.44 bits per heavy atom. The Hall–Kier alpha value is -1.81. The highest BCUT2D eigenvalue weighted by molar-refractivity contribution is 5.80. The largest absolute Gasteiger partial charge is 0.496 e. The predicted octanol–water partition coefficient (Wildman–Crippen LogP) is 1.86. The van der Waals surface area contributed by atoms with Crippen LogP contribution in [-0.4, -0.2) is 31.3 Å². The minimum absolute atomic E-state index is 0.585. The molecular formula is C14H19NO3. The van der Waals surface area contributed by atoms with Crippen molar-refractivity contribution in [1.82, 2.24) is 5.32 Å². The van der Waals surface area contributed by atoms with Gasteiger partial charge >= 0.3 is 5.97 Å². The van der Waals surface area contributed by atoms with Crippen molar-refractivity contribution in [2.24, 2.45) is 0 Å². The second kappa shape index (κ2) is 7.50. The Balaban J connectivity index is 2.36. The zero-order valence-corrected chi connectivity index (χ0v) is 10.8. The van der Waals surface area contributed by atoms with Gasteiger partial charge in [0.05, 0.1) is 7.11 Å². The fraction of sp³-hybridized carbons (Fsp3) is 0.357. The molecule has 0 spiro atoms. The van der Waals surface area contributed by atoms with E-state index in [-0.39, 0.29) is 0 Å². The lowest BCUT2D eigenvalue weighted by molar-refractivity contribution is -0.131. The maximum Gasteiger partial charge on any atom is 0.328 e. The lowest BCUT2D eigenvalue weighted by Crippen LogP contribution is -2.19. The van der Waals surface area contributed by atoms with Crippen molar-refractivity contribution in [3.8, 4) is 5.75 Å². The maximum absolute atomic E-state index is 10.4. The summed E-state index contributed by atoms with van der Waals surface area (Å²) in [6.45, 7) is 3.16. The van der Waals surface area contributed by atoms with Crippen LogP contribution in [0.25, 0.3) is 0 Å². The molecule has 18 heavy (non-hydrogen) atoms. The van der Waals surface area contributed by atoms with Crippen LogP contribution in [0.2, 0.25) is 0 Å². The van der Waals surface area contributed by atoms with E-state index in [0.29, 0.717) is 6.54 Å². The van der Waals surface area contributed by atoms with E-state index in [4.69, 9.17) is 9.84 Å². The molecule has 0 unspecified atom stereocenters. The molecule has 0 aliphatic rings. The number of carbonyl (C=O) groups is 1. The van der Waals surface area contributed by atoms with Crippen LogP contribution in [0.3, 0.4) is 0 Å². The van der Waals surface area contributed by atoms with Crippen molar-refractivity contribution < 1.29 is 14.6 Å². The van der Waals surface area contributed by atoms with E-state index in [1.165, 1.54) is 6.08 Å². The van der Waals surface area contributed by atoms with Crippen molar-refractivity contribution in [1.29, 1.82) is 0 Å². The summed E-state index contributed by atoms with van der Waals surface area (Å²) in [7, 11) is 1.66. The number of hydrogen-bond acceptors (Lipinski definition) is 3. The van der Waals surface area contributed by atoms with Gasteiger partial charge < -0.3 is 15.2 Å². The van der Waals surface area contributed by atoms with Crippen molar-refractivity contribution in [3.05, 3.63) is 41.5 Å². The van der Waals surface area contributed by atoms with E-state index in [9.17, 15) is 4.79 Å². The van der Waals surface area contributed by atoms with E-state index >= 15 is 0 Å². The van der Waals surface area contributed by atoms with Gasteiger partial charge in [-0.2, -0.15) is 0 Å². The Bertz CT molecular complexity index is 427. The highest BCUT2D eigenvalue weighted by atomic mass is 16.5. The van der Waals surface area contributed by atoms with Crippen molar-refractivity contribution >= 4 is 5.97 Å². The molecule has 1 aromatic rings. The Morgan fingerprint density at radius 2 is 2.17 bits per heavy atom. The number of nitrogens with one attached hydrogen (secondary N) is 1. The summed E-state index contributed by atoms with van der Waals surface area (Å²) in [5, 5.41) is 11.8. The minimum Gasteiger partial charge on any atom is -0.496 e. The standard InChI is InChI=1S/C14H19NO3/c1-11(9-14(16)17)10-15-8-7-12-5-3-4-6-13(12)18-2/h3-6,9,15H,7-8,10H2,1-2H3,(H,16,17)/b11-9+. The SMILES string of the molecule is COc1ccccc1CCNC/C(C)=C/C(=O)O. The zero-order valence-electron chi connectivity index (χ0n) is 10.8. The van der Waals surface area contributed by atoms with Gasteiger partial charge in [-0.05, 0) is 31.5 Å². The van der Waals surface area contributed by atoms with E-state index < -0.39 is 5.97 Å². The maximum atomic E-state index is 10.4. The molecule has 0 radical (unpaired) electrons. The van der Waals surface area contributed by atoms with Crippen molar-refractivity contribution in [3.63, 3.8) is 0 Å². The van der Waals surface area contributed by atoms with Gasteiger partial charge in [0.2, 0.25) is 0 Å². The van der Waals surface area contributed by atoms with Gasteiger partial charge in [-0.3, -0.25) is 0 Å². The molecule has 1 aromatic carbocycles. The highest BCUT2D eigenvalue weighted by Gasteiger charge is 2.01. The fourth-order valence-corrected chi connectivity index (χ4v) is 1.68. The molecule has 0 saturated carbocycles. The van der Waals surface area contributed by atoms with E-state index in [1.54, 1.807) is 14.0 Å². The number of rotatable bonds is 7. The monoisotopic (exact) mass is 249 g/mol. The normalized spacial score (nSPS) is 11.3. The number of ether oxygens (including phenoxy) is 1. The third-order valence-corrected chi connectivity index (χ3v) is 2.54. The van der Waals surface area contributed by atoms with E-state index in [2.05, 4.69) is 5.32 Å². The lowest BCUT2D eigenvalue weighted by atomic mass is 10.1. The summed E-state index contributed by atoms with van der Waals surface area (Å²) in [6, 6.07) is 7.88. The van der Waals surface area contributed by atoms with Crippen LogP contribution in [0.4, 0.5) is 0 Å². The summed E-state index contributed by atoms with van der Waals surface area (Å²) in [6.07, 6.45) is 2.07. The Kier molecular flexibility index (Phi) is 5.94. The van der Waals surface area contributed by atoms with Gasteiger partial charge in [-0.1, -0.05) is 23.8 Å². The number of carboxylic acid groups (broad SMARTS) is 1. The molecular weight excluding hydrogens is 230 g/mol. The van der Waals surface area contributed by atoms with Gasteiger partial charge in [0, 0.05) is 12.6 Å². The van der Waals surface area contributed by atoms with Gasteiger partial charge in [0.1, 0.15) is 5.75 Å². The number of methoxy groups -OCH3 is 1. The summed E-state index contributed by atoms with van der Waals surface area (Å²) in [4.78, 5) is 10.4. The topological polar surface area (TPSA) is 58.6 Å². The molecule has 0 heterocycles. The Morgan fingerprint density at radius 3 is 2.83 bits per heavy atom. The van der Waals surface area contributed by atoms with Crippen LogP contribution >= 0.6 is 0 Å². The van der Waals surface area contributed by atoms with Crippen LogP contribution < -0.4 is 10.1 Å². The molecule has 0 amide bonds. The summed E-state index contributed by atoms with van der Waals surface area (Å²) >= 11 is 0. The number of para-hydroxylation sites is 1. The van der Waals surface area contributed by atoms with Gasteiger partial charge in [0.15, 0.2) is 0 Å². The van der Waals surface area contributed by atoms with Crippen LogP contribution in [0.15, 0.2) is 35.9 Å². The predicted molar refractivity (Wildman–Crippen MR) is 71.0 cm³/mol. The molecule has 0 aromatic heterocycles. The number of benzene rings is 1. The molecule has 2 N–H and O–H groups in total. The fourth-order valence-electron chi connectivity index (χ4n) is 1.68. The van der Waals surface area contributed by atoms with Crippen LogP contribution in [0, 0.1) is 0 Å². The molecule has 0 bridgehead atoms. The summed E-state index contributed by atoms with van der Waals surface area (Å²) < 4.78 is 5.26. The first-order chi connectivity index (χ1) is 8.63. The minimum atomic E-state index is -0.904. The third kappa shape index (κ3) is 5.01. The molecule has 4 nitrogen and oxygen atoms in total. The van der Waals surface area contributed by atoms with Crippen LogP contribution in [0.1, 0.15) is 12.5 Å². The average Bonchev–Trinajstić information content (AvgIpc) is 2.34. The third-order valence-electron chi connectivity index (χ3n) is 2.54. The van der Waals surface area contributed by atoms with Gasteiger partial charge in [-0.25, -0.2) is 4.79 Å². The molecule has 0 aliphatic carbocycles. The Labute approximate surface area is 107 Å². The first kappa shape index (κ1) is 14.3. The summed E-state index contributed by atoms with van der Waals surface area (Å²) in [5.41, 5.74) is 1.95. The molecule has 0 atom stereocenters. The first-order valence-corrected chi connectivity index (χ1v) is 5.86. The molecule has 98 valence electrons. The number of hydrogen-bond donors (Lipinski definition) is 2.